The number of nitrogens with zero attached hydrogens (tertiary/aromatic N) is 2. The SMILES string of the molecule is O=C(CN1CCCC1C(=O)N1CCSCC1)NCCc1ccc(OC(F)F)cc1. The minimum Gasteiger partial charge on any atom is -0.435 e. The number of ether oxygens (including phenoxy) is 1. The van der Waals surface area contributed by atoms with Crippen LogP contribution in [0.3, 0.4) is 0 Å². The zero-order valence-electron chi connectivity index (χ0n) is 16.3. The maximum atomic E-state index is 12.8. The van der Waals surface area contributed by atoms with Crippen molar-refractivity contribution in [1.29, 1.82) is 0 Å². The molecule has 6 nitrogen and oxygen atoms in total. The highest BCUT2D eigenvalue weighted by Gasteiger charge is 2.34. The number of amides is 2. The Morgan fingerprint density at radius 1 is 1.17 bits per heavy atom. The van der Waals surface area contributed by atoms with Crippen LogP contribution in [0.4, 0.5) is 8.78 Å². The molecule has 2 amide bonds. The minimum absolute atomic E-state index is 0.100. The Morgan fingerprint density at radius 2 is 1.90 bits per heavy atom. The van der Waals surface area contributed by atoms with Crippen molar-refractivity contribution in [1.82, 2.24) is 15.1 Å². The molecule has 29 heavy (non-hydrogen) atoms. The van der Waals surface area contributed by atoms with E-state index in [1.807, 2.05) is 21.6 Å². The Balaban J connectivity index is 1.41. The van der Waals surface area contributed by atoms with Crippen LogP contribution in [0.1, 0.15) is 18.4 Å². The van der Waals surface area contributed by atoms with Crippen molar-refractivity contribution in [3.63, 3.8) is 0 Å². The van der Waals surface area contributed by atoms with Crippen LogP contribution in [0.2, 0.25) is 0 Å². The first kappa shape index (κ1) is 21.8. The molecular formula is C20H27F2N3O3S. The van der Waals surface area contributed by atoms with Gasteiger partial charge in [-0.3, -0.25) is 14.5 Å². The predicted molar refractivity (Wildman–Crippen MR) is 108 cm³/mol. The molecule has 2 heterocycles. The van der Waals surface area contributed by atoms with Gasteiger partial charge in [0.05, 0.1) is 12.6 Å². The highest BCUT2D eigenvalue weighted by atomic mass is 32.2. The van der Waals surface area contributed by atoms with Gasteiger partial charge in [-0.25, -0.2) is 0 Å². The van der Waals surface area contributed by atoms with E-state index in [1.165, 1.54) is 12.1 Å². The average Bonchev–Trinajstić information content (AvgIpc) is 3.17. The van der Waals surface area contributed by atoms with Crippen LogP contribution in [-0.2, 0) is 16.0 Å². The second-order valence-electron chi connectivity index (χ2n) is 7.19. The second kappa shape index (κ2) is 10.8. The van der Waals surface area contributed by atoms with E-state index < -0.39 is 6.61 Å². The molecule has 1 aromatic carbocycles. The molecule has 1 atom stereocenters. The van der Waals surface area contributed by atoms with Gasteiger partial charge in [0.25, 0.3) is 0 Å². The first-order chi connectivity index (χ1) is 14.0. The number of likely N-dealkylation sites (tertiary alicyclic amines) is 1. The van der Waals surface area contributed by atoms with Crippen molar-refractivity contribution in [3.8, 4) is 5.75 Å². The number of carbonyl (C=O) groups is 2. The summed E-state index contributed by atoms with van der Waals surface area (Å²) in [6.07, 6.45) is 2.33. The fraction of sp³-hybridized carbons (Fsp3) is 0.600. The van der Waals surface area contributed by atoms with E-state index in [9.17, 15) is 18.4 Å². The van der Waals surface area contributed by atoms with Crippen LogP contribution in [-0.4, -0.2) is 78.5 Å². The molecule has 2 fully saturated rings. The van der Waals surface area contributed by atoms with E-state index in [2.05, 4.69) is 10.1 Å². The highest BCUT2D eigenvalue weighted by Crippen LogP contribution is 2.21. The van der Waals surface area contributed by atoms with E-state index in [0.29, 0.717) is 13.0 Å². The Kier molecular flexibility index (Phi) is 8.11. The molecule has 0 radical (unpaired) electrons. The molecule has 1 N–H and O–H groups in total. The number of hydrogen-bond acceptors (Lipinski definition) is 5. The van der Waals surface area contributed by atoms with E-state index in [0.717, 1.165) is 49.5 Å². The van der Waals surface area contributed by atoms with Crippen LogP contribution in [0, 0.1) is 0 Å². The van der Waals surface area contributed by atoms with Gasteiger partial charge in [-0.2, -0.15) is 20.5 Å². The van der Waals surface area contributed by atoms with Crippen molar-refractivity contribution >= 4 is 23.6 Å². The summed E-state index contributed by atoms with van der Waals surface area (Å²) in [5.41, 5.74) is 0.920. The number of halogens is 2. The summed E-state index contributed by atoms with van der Waals surface area (Å²) in [4.78, 5) is 29.0. The van der Waals surface area contributed by atoms with E-state index in [4.69, 9.17) is 0 Å². The van der Waals surface area contributed by atoms with E-state index in [1.54, 1.807) is 12.1 Å². The fourth-order valence-corrected chi connectivity index (χ4v) is 4.62. The van der Waals surface area contributed by atoms with Gasteiger partial charge in [-0.1, -0.05) is 12.1 Å². The largest absolute Gasteiger partial charge is 0.435 e. The molecule has 2 aliphatic rings. The van der Waals surface area contributed by atoms with Crippen molar-refractivity contribution in [2.75, 3.05) is 44.2 Å². The Hall–Kier alpha value is -1.87. The molecule has 0 spiro atoms. The molecule has 2 saturated heterocycles. The summed E-state index contributed by atoms with van der Waals surface area (Å²) in [5, 5.41) is 2.88. The van der Waals surface area contributed by atoms with Crippen molar-refractivity contribution in [2.24, 2.45) is 0 Å². The highest BCUT2D eigenvalue weighted by molar-refractivity contribution is 7.99. The van der Waals surface area contributed by atoms with Crippen LogP contribution >= 0.6 is 11.8 Å². The molecule has 1 unspecified atom stereocenters. The smallest absolute Gasteiger partial charge is 0.387 e. The maximum absolute atomic E-state index is 12.8. The lowest BCUT2D eigenvalue weighted by Crippen LogP contribution is -2.50. The van der Waals surface area contributed by atoms with Gasteiger partial charge in [0.2, 0.25) is 11.8 Å². The van der Waals surface area contributed by atoms with Gasteiger partial charge in [0, 0.05) is 31.1 Å². The van der Waals surface area contributed by atoms with E-state index in [-0.39, 0.29) is 30.2 Å². The monoisotopic (exact) mass is 427 g/mol. The van der Waals surface area contributed by atoms with Gasteiger partial charge >= 0.3 is 6.61 Å². The van der Waals surface area contributed by atoms with Gasteiger partial charge in [-0.15, -0.1) is 0 Å². The molecular weight excluding hydrogens is 400 g/mol. The average molecular weight is 428 g/mol. The summed E-state index contributed by atoms with van der Waals surface area (Å²) in [7, 11) is 0. The number of benzene rings is 1. The van der Waals surface area contributed by atoms with Crippen molar-refractivity contribution < 1.29 is 23.1 Å². The van der Waals surface area contributed by atoms with Gasteiger partial charge < -0.3 is 15.0 Å². The summed E-state index contributed by atoms with van der Waals surface area (Å²) in [6, 6.07) is 6.20. The third-order valence-corrected chi connectivity index (χ3v) is 6.15. The number of rotatable bonds is 8. The maximum Gasteiger partial charge on any atom is 0.387 e. The number of nitrogens with one attached hydrogen (secondary N) is 1. The lowest BCUT2D eigenvalue weighted by atomic mass is 10.1. The molecule has 160 valence electrons. The summed E-state index contributed by atoms with van der Waals surface area (Å²) < 4.78 is 28.6. The lowest BCUT2D eigenvalue weighted by Gasteiger charge is -2.32. The first-order valence-electron chi connectivity index (χ1n) is 9.94. The first-order valence-corrected chi connectivity index (χ1v) is 11.1. The van der Waals surface area contributed by atoms with Crippen LogP contribution in [0.25, 0.3) is 0 Å². The molecule has 0 aliphatic carbocycles. The predicted octanol–water partition coefficient (Wildman–Crippen LogP) is 1.99. The Morgan fingerprint density at radius 3 is 2.59 bits per heavy atom. The third kappa shape index (κ3) is 6.57. The molecule has 0 aromatic heterocycles. The molecule has 3 rings (SSSR count). The summed E-state index contributed by atoms with van der Waals surface area (Å²) >= 11 is 1.87. The Bertz CT molecular complexity index is 684. The van der Waals surface area contributed by atoms with Gasteiger partial charge in [0.15, 0.2) is 0 Å². The van der Waals surface area contributed by atoms with Crippen LogP contribution in [0.5, 0.6) is 5.75 Å². The molecule has 1 aromatic rings. The number of alkyl halides is 2. The fourth-order valence-electron chi connectivity index (χ4n) is 3.71. The Labute approximate surface area is 173 Å². The zero-order valence-corrected chi connectivity index (χ0v) is 17.1. The summed E-state index contributed by atoms with van der Waals surface area (Å²) in [6.45, 7) is 0.180. The quantitative estimate of drug-likeness (QED) is 0.688. The van der Waals surface area contributed by atoms with Crippen molar-refractivity contribution in [2.45, 2.75) is 31.9 Å². The number of thioether (sulfide) groups is 1. The molecule has 9 heteroatoms. The number of hydrogen-bond donors (Lipinski definition) is 1. The van der Waals surface area contributed by atoms with Crippen molar-refractivity contribution in [3.05, 3.63) is 29.8 Å². The topological polar surface area (TPSA) is 61.9 Å². The normalized spacial score (nSPS) is 20.1. The second-order valence-corrected chi connectivity index (χ2v) is 8.41. The lowest BCUT2D eigenvalue weighted by molar-refractivity contribution is -0.136. The van der Waals surface area contributed by atoms with Crippen LogP contribution in [0.15, 0.2) is 24.3 Å². The van der Waals surface area contributed by atoms with Gasteiger partial charge in [-0.05, 0) is 43.5 Å². The molecule has 0 bridgehead atoms. The third-order valence-electron chi connectivity index (χ3n) is 5.20. The summed E-state index contributed by atoms with van der Waals surface area (Å²) in [5.74, 6) is 2.13. The zero-order chi connectivity index (χ0) is 20.6. The van der Waals surface area contributed by atoms with Gasteiger partial charge in [0.1, 0.15) is 5.75 Å². The van der Waals surface area contributed by atoms with Crippen LogP contribution < -0.4 is 10.1 Å². The molecule has 2 aliphatic heterocycles. The minimum atomic E-state index is -2.84. The standard InChI is InChI=1S/C20H27F2N3O3S/c21-20(22)28-16-5-3-15(4-6-16)7-8-23-18(26)14-25-9-1-2-17(25)19(27)24-10-12-29-13-11-24/h3-6,17,20H,1-2,7-14H2,(H,23,26). The van der Waals surface area contributed by atoms with E-state index >= 15 is 0 Å². The number of carbonyl (C=O) groups excluding carboxylic acids is 2. The molecule has 0 saturated carbocycles.